The molecule has 1 unspecified atom stereocenters. The smallest absolute Gasteiger partial charge is 0.252 e. The van der Waals surface area contributed by atoms with Gasteiger partial charge in [-0.2, -0.15) is 4.98 Å². The molecule has 4 aromatic rings. The van der Waals surface area contributed by atoms with E-state index >= 15 is 0 Å². The molecule has 1 aliphatic heterocycles. The molecule has 154 valence electrons. The fourth-order valence-corrected chi connectivity index (χ4v) is 4.32. The molecular weight excluding hydrogens is 378 g/mol. The Morgan fingerprint density at radius 3 is 2.73 bits per heavy atom. The lowest BCUT2D eigenvalue weighted by Crippen LogP contribution is -2.32. The number of rotatable bonds is 3. The first-order chi connectivity index (χ1) is 14.4. The van der Waals surface area contributed by atoms with Gasteiger partial charge in [0.2, 0.25) is 5.91 Å². The highest BCUT2D eigenvalue weighted by molar-refractivity contribution is 5.80. The third-order valence-corrected chi connectivity index (χ3v) is 5.98. The van der Waals surface area contributed by atoms with Crippen LogP contribution in [0.4, 0.5) is 0 Å². The van der Waals surface area contributed by atoms with Crippen molar-refractivity contribution < 1.29 is 4.79 Å². The summed E-state index contributed by atoms with van der Waals surface area (Å²) in [6.45, 7) is 8.80. The minimum Gasteiger partial charge on any atom is -0.340 e. The summed E-state index contributed by atoms with van der Waals surface area (Å²) in [6.07, 6.45) is 2.03. The predicted molar refractivity (Wildman–Crippen MR) is 113 cm³/mol. The molecule has 0 saturated carbocycles. The Balaban J connectivity index is 1.41. The molecule has 1 N–H and O–H groups in total. The van der Waals surface area contributed by atoms with E-state index in [0.29, 0.717) is 11.6 Å². The van der Waals surface area contributed by atoms with E-state index in [4.69, 9.17) is 4.98 Å². The molecule has 1 atom stereocenters. The van der Waals surface area contributed by atoms with Crippen molar-refractivity contribution in [3.8, 4) is 0 Å². The average Bonchev–Trinajstić information content (AvgIpc) is 3.39. The van der Waals surface area contributed by atoms with E-state index in [0.717, 1.165) is 47.6 Å². The minimum atomic E-state index is -0.0374. The zero-order valence-electron chi connectivity index (χ0n) is 17.7. The maximum absolute atomic E-state index is 13.1. The highest BCUT2D eigenvalue weighted by atomic mass is 16.2. The van der Waals surface area contributed by atoms with E-state index in [-0.39, 0.29) is 18.4 Å². The molecule has 3 aromatic heterocycles. The van der Waals surface area contributed by atoms with E-state index < -0.39 is 0 Å². The Labute approximate surface area is 174 Å². The van der Waals surface area contributed by atoms with Crippen LogP contribution in [0.2, 0.25) is 0 Å². The van der Waals surface area contributed by atoms with Crippen LogP contribution in [0.15, 0.2) is 18.2 Å². The van der Waals surface area contributed by atoms with Gasteiger partial charge in [0.15, 0.2) is 5.82 Å². The van der Waals surface area contributed by atoms with Crippen molar-refractivity contribution in [2.45, 2.75) is 53.0 Å². The van der Waals surface area contributed by atoms with Crippen LogP contribution in [0, 0.1) is 27.7 Å². The Bertz CT molecular complexity index is 1250. The number of aryl methyl sites for hydroxylation is 4. The zero-order chi connectivity index (χ0) is 21.0. The number of aromatic nitrogens is 6. The molecule has 1 aliphatic rings. The first kappa shape index (κ1) is 18.7. The molecule has 0 radical (unpaired) electrons. The Hall–Kier alpha value is -3.29. The fraction of sp³-hybridized carbons (Fsp3) is 0.409. The normalized spacial score (nSPS) is 16.8. The van der Waals surface area contributed by atoms with Crippen LogP contribution in [0.25, 0.3) is 16.8 Å². The molecular formula is C22H25N7O. The van der Waals surface area contributed by atoms with E-state index in [2.05, 4.69) is 46.0 Å². The summed E-state index contributed by atoms with van der Waals surface area (Å²) < 4.78 is 1.70. The van der Waals surface area contributed by atoms with Crippen LogP contribution in [0.5, 0.6) is 0 Å². The molecule has 30 heavy (non-hydrogen) atoms. The fourth-order valence-electron chi connectivity index (χ4n) is 4.32. The van der Waals surface area contributed by atoms with E-state index in [9.17, 15) is 4.79 Å². The van der Waals surface area contributed by atoms with Gasteiger partial charge in [0.1, 0.15) is 5.82 Å². The number of aromatic amines is 1. The molecule has 8 heteroatoms. The molecule has 8 nitrogen and oxygen atoms in total. The molecule has 1 aromatic carbocycles. The summed E-state index contributed by atoms with van der Waals surface area (Å²) in [6, 6.07) is 6.14. The van der Waals surface area contributed by atoms with Gasteiger partial charge in [-0.3, -0.25) is 4.79 Å². The first-order valence-electron chi connectivity index (χ1n) is 10.4. The van der Waals surface area contributed by atoms with Gasteiger partial charge >= 0.3 is 0 Å². The van der Waals surface area contributed by atoms with Crippen molar-refractivity contribution in [1.82, 2.24) is 34.4 Å². The average molecular weight is 403 g/mol. The zero-order valence-corrected chi connectivity index (χ0v) is 17.7. The van der Waals surface area contributed by atoms with E-state index in [1.165, 1.54) is 11.1 Å². The van der Waals surface area contributed by atoms with Crippen LogP contribution in [-0.2, 0) is 11.2 Å². The van der Waals surface area contributed by atoms with Crippen LogP contribution >= 0.6 is 0 Å². The number of benzene rings is 1. The number of imidazole rings is 1. The molecule has 1 fully saturated rings. The lowest BCUT2D eigenvalue weighted by molar-refractivity contribution is -0.131. The van der Waals surface area contributed by atoms with Crippen LogP contribution < -0.4 is 0 Å². The number of likely N-dealkylation sites (tertiary alicyclic amines) is 1. The van der Waals surface area contributed by atoms with Gasteiger partial charge in [-0.05, 0) is 69.9 Å². The lowest BCUT2D eigenvalue weighted by Gasteiger charge is -2.22. The van der Waals surface area contributed by atoms with Gasteiger partial charge in [0.25, 0.3) is 5.78 Å². The molecule has 5 rings (SSSR count). The van der Waals surface area contributed by atoms with Crippen molar-refractivity contribution in [3.63, 3.8) is 0 Å². The molecule has 1 saturated heterocycles. The standard InChI is InChI=1S/C22H25N7O/c1-12-8-16-17(9-13(12)2)25-21(24-16)18-6-5-7-28(18)20(30)11-19-26-22-23-14(3)10-15(4)29(22)27-19/h8-10,18H,5-7,11H2,1-4H3,(H,24,25). The van der Waals surface area contributed by atoms with Gasteiger partial charge in [-0.1, -0.05) is 0 Å². The molecule has 4 heterocycles. The predicted octanol–water partition coefficient (Wildman–Crippen LogP) is 3.14. The maximum Gasteiger partial charge on any atom is 0.252 e. The number of nitrogens with one attached hydrogen (secondary N) is 1. The number of hydrogen-bond donors (Lipinski definition) is 1. The maximum atomic E-state index is 13.1. The summed E-state index contributed by atoms with van der Waals surface area (Å²) in [5.41, 5.74) is 6.26. The number of carbonyl (C=O) groups excluding carboxylic acids is 1. The van der Waals surface area contributed by atoms with E-state index in [1.807, 2.05) is 24.8 Å². The second-order valence-electron chi connectivity index (χ2n) is 8.28. The first-order valence-corrected chi connectivity index (χ1v) is 10.4. The third-order valence-electron chi connectivity index (χ3n) is 5.98. The lowest BCUT2D eigenvalue weighted by atomic mass is 10.1. The van der Waals surface area contributed by atoms with Crippen molar-refractivity contribution in [2.75, 3.05) is 6.54 Å². The second-order valence-corrected chi connectivity index (χ2v) is 8.28. The van der Waals surface area contributed by atoms with Gasteiger partial charge < -0.3 is 9.88 Å². The highest BCUT2D eigenvalue weighted by Gasteiger charge is 2.32. The summed E-state index contributed by atoms with van der Waals surface area (Å²) in [7, 11) is 0. The number of fused-ring (bicyclic) bond motifs is 2. The topological polar surface area (TPSA) is 92.1 Å². The number of hydrogen-bond acceptors (Lipinski definition) is 5. The van der Waals surface area contributed by atoms with Gasteiger partial charge in [-0.15, -0.1) is 5.10 Å². The van der Waals surface area contributed by atoms with Crippen molar-refractivity contribution in [2.24, 2.45) is 0 Å². The summed E-state index contributed by atoms with van der Waals surface area (Å²) >= 11 is 0. The van der Waals surface area contributed by atoms with Crippen LogP contribution in [0.1, 0.15) is 53.0 Å². The van der Waals surface area contributed by atoms with Crippen LogP contribution in [-0.4, -0.2) is 46.9 Å². The Morgan fingerprint density at radius 2 is 1.90 bits per heavy atom. The molecule has 0 spiro atoms. The monoisotopic (exact) mass is 403 g/mol. The third kappa shape index (κ3) is 3.12. The largest absolute Gasteiger partial charge is 0.340 e. The summed E-state index contributed by atoms with van der Waals surface area (Å²) in [5.74, 6) is 1.92. The summed E-state index contributed by atoms with van der Waals surface area (Å²) in [5, 5.41) is 4.49. The minimum absolute atomic E-state index is 0.0237. The molecule has 0 aliphatic carbocycles. The number of nitrogens with zero attached hydrogens (tertiary/aromatic N) is 6. The number of H-pyrrole nitrogens is 1. The second kappa shape index (κ2) is 6.90. The molecule has 0 bridgehead atoms. The number of carbonyl (C=O) groups is 1. The van der Waals surface area contributed by atoms with Gasteiger partial charge in [0.05, 0.1) is 23.5 Å². The number of amides is 1. The highest BCUT2D eigenvalue weighted by Crippen LogP contribution is 2.32. The summed E-state index contributed by atoms with van der Waals surface area (Å²) in [4.78, 5) is 32.2. The van der Waals surface area contributed by atoms with E-state index in [1.54, 1.807) is 4.52 Å². The van der Waals surface area contributed by atoms with Gasteiger partial charge in [-0.25, -0.2) is 14.5 Å². The Morgan fingerprint density at radius 1 is 1.10 bits per heavy atom. The quantitative estimate of drug-likeness (QED) is 0.567. The van der Waals surface area contributed by atoms with Crippen molar-refractivity contribution in [3.05, 3.63) is 52.4 Å². The van der Waals surface area contributed by atoms with Crippen molar-refractivity contribution >= 4 is 22.7 Å². The molecule has 1 amide bonds. The Kier molecular flexibility index (Phi) is 4.30. The van der Waals surface area contributed by atoms with Crippen molar-refractivity contribution in [1.29, 1.82) is 0 Å². The van der Waals surface area contributed by atoms with Crippen LogP contribution in [0.3, 0.4) is 0 Å². The van der Waals surface area contributed by atoms with Gasteiger partial charge in [0, 0.05) is 17.9 Å². The SMILES string of the molecule is Cc1cc(C)n2nc(CC(=O)N3CCCC3c3nc4cc(C)c(C)cc4[nH]3)nc2n1.